The number of benzene rings is 1. The fourth-order valence-corrected chi connectivity index (χ4v) is 4.37. The fraction of sp³-hybridized carbons (Fsp3) is 0.700. The normalized spacial score (nSPS) is 28.4. The number of aliphatic hydroxyl groups excluding tert-OH is 2. The van der Waals surface area contributed by atoms with Crippen molar-refractivity contribution >= 4 is 8.32 Å². The van der Waals surface area contributed by atoms with E-state index in [1.165, 1.54) is 0 Å². The first-order chi connectivity index (χ1) is 11.3. The summed E-state index contributed by atoms with van der Waals surface area (Å²) in [5, 5.41) is 21.0. The Bertz CT molecular complexity index is 565. The third-order valence-corrected chi connectivity index (χ3v) is 10.2. The van der Waals surface area contributed by atoms with Crippen molar-refractivity contribution in [2.45, 2.75) is 89.2 Å². The van der Waals surface area contributed by atoms with E-state index in [0.717, 1.165) is 5.56 Å². The molecule has 142 valence electrons. The molecular weight excluding hydrogens is 332 g/mol. The molecule has 0 saturated heterocycles. The Labute approximate surface area is 153 Å². The Morgan fingerprint density at radius 1 is 0.920 bits per heavy atom. The minimum atomic E-state index is -2.02. The largest absolute Gasteiger partial charge is 0.411 e. The van der Waals surface area contributed by atoms with E-state index in [9.17, 15) is 10.2 Å². The third-order valence-electron chi connectivity index (χ3n) is 5.74. The molecule has 0 amide bonds. The molecule has 0 aromatic heterocycles. The van der Waals surface area contributed by atoms with Gasteiger partial charge in [0.2, 0.25) is 0 Å². The van der Waals surface area contributed by atoms with Gasteiger partial charge in [0.1, 0.15) is 12.2 Å². The number of aliphatic hydroxyl groups is 2. The van der Waals surface area contributed by atoms with Crippen LogP contribution in [-0.2, 0) is 14.8 Å². The van der Waals surface area contributed by atoms with Crippen molar-refractivity contribution in [2.75, 3.05) is 0 Å². The Kier molecular flexibility index (Phi) is 5.86. The summed E-state index contributed by atoms with van der Waals surface area (Å²) in [6.45, 7) is 14.8. The van der Waals surface area contributed by atoms with Gasteiger partial charge in [-0.05, 0) is 37.5 Å². The van der Waals surface area contributed by atoms with Gasteiger partial charge < -0.3 is 19.4 Å². The average Bonchev–Trinajstić information content (AvgIpc) is 2.74. The lowest BCUT2D eigenvalue weighted by atomic mass is 9.97. The van der Waals surface area contributed by atoms with Crippen molar-refractivity contribution in [1.29, 1.82) is 0 Å². The van der Waals surface area contributed by atoms with Gasteiger partial charge >= 0.3 is 0 Å². The average molecular weight is 367 g/mol. The lowest BCUT2D eigenvalue weighted by molar-refractivity contribution is -0.125. The molecule has 0 unspecified atom stereocenters. The van der Waals surface area contributed by atoms with E-state index in [1.807, 2.05) is 44.2 Å². The predicted octanol–water partition coefficient (Wildman–Crippen LogP) is 3.82. The minimum Gasteiger partial charge on any atom is -0.411 e. The molecule has 5 heteroatoms. The monoisotopic (exact) mass is 366 g/mol. The standard InChI is InChI=1S/C20H34O4Si/c1-19(2,3)25(6,7)24-16-13-15(17(21)18(16)22)23-20(4,5)14-11-9-8-10-12-14/h8-12,15-18,21-22H,13H2,1-7H3/t15-,16+,17+,18-/m1/s1. The molecule has 4 atom stereocenters. The Morgan fingerprint density at radius 2 is 1.44 bits per heavy atom. The summed E-state index contributed by atoms with van der Waals surface area (Å²) in [6.07, 6.45) is -2.17. The fourth-order valence-electron chi connectivity index (χ4n) is 3.02. The third kappa shape index (κ3) is 4.52. The van der Waals surface area contributed by atoms with E-state index in [4.69, 9.17) is 9.16 Å². The molecule has 1 aliphatic rings. The highest BCUT2D eigenvalue weighted by Gasteiger charge is 2.49. The number of ether oxygens (including phenoxy) is 1. The lowest BCUT2D eigenvalue weighted by Crippen LogP contribution is -2.46. The van der Waals surface area contributed by atoms with Crippen molar-refractivity contribution in [3.8, 4) is 0 Å². The molecule has 0 radical (unpaired) electrons. The molecular formula is C20H34O4Si. The maximum absolute atomic E-state index is 10.5. The molecule has 1 aliphatic carbocycles. The van der Waals surface area contributed by atoms with Gasteiger partial charge in [0.05, 0.1) is 17.8 Å². The van der Waals surface area contributed by atoms with Crippen LogP contribution in [0.25, 0.3) is 0 Å². The molecule has 2 N–H and O–H groups in total. The highest BCUT2D eigenvalue weighted by molar-refractivity contribution is 6.74. The topological polar surface area (TPSA) is 58.9 Å². The molecule has 0 spiro atoms. The van der Waals surface area contributed by atoms with Gasteiger partial charge in [0, 0.05) is 6.42 Å². The Hall–Kier alpha value is -0.723. The maximum atomic E-state index is 10.5. The van der Waals surface area contributed by atoms with Crippen LogP contribution >= 0.6 is 0 Å². The van der Waals surface area contributed by atoms with Crippen molar-refractivity contribution in [3.63, 3.8) is 0 Å². The van der Waals surface area contributed by atoms with Crippen LogP contribution in [0.15, 0.2) is 30.3 Å². The van der Waals surface area contributed by atoms with E-state index >= 15 is 0 Å². The molecule has 1 fully saturated rings. The molecule has 1 aromatic rings. The molecule has 4 nitrogen and oxygen atoms in total. The summed E-state index contributed by atoms with van der Waals surface area (Å²) in [4.78, 5) is 0. The van der Waals surface area contributed by atoms with Gasteiger partial charge in [-0.1, -0.05) is 51.1 Å². The molecule has 0 heterocycles. The first-order valence-corrected chi connectivity index (χ1v) is 12.0. The summed E-state index contributed by atoms with van der Waals surface area (Å²) >= 11 is 0. The second-order valence-corrected chi connectivity index (χ2v) is 13.9. The van der Waals surface area contributed by atoms with Gasteiger partial charge in [0.15, 0.2) is 8.32 Å². The molecule has 1 aromatic carbocycles. The van der Waals surface area contributed by atoms with E-state index in [0.29, 0.717) is 6.42 Å². The molecule has 0 aliphatic heterocycles. The van der Waals surface area contributed by atoms with Crippen molar-refractivity contribution in [3.05, 3.63) is 35.9 Å². The second-order valence-electron chi connectivity index (χ2n) is 9.17. The summed E-state index contributed by atoms with van der Waals surface area (Å²) < 4.78 is 12.6. The van der Waals surface area contributed by atoms with E-state index in [1.54, 1.807) is 0 Å². The molecule has 2 rings (SSSR count). The minimum absolute atomic E-state index is 0.0555. The van der Waals surface area contributed by atoms with Crippen LogP contribution in [0, 0.1) is 0 Å². The highest BCUT2D eigenvalue weighted by atomic mass is 28.4. The van der Waals surface area contributed by atoms with Crippen LogP contribution in [0.4, 0.5) is 0 Å². The summed E-state index contributed by atoms with van der Waals surface area (Å²) in [7, 11) is -2.02. The van der Waals surface area contributed by atoms with Crippen molar-refractivity contribution < 1.29 is 19.4 Å². The van der Waals surface area contributed by atoms with Crippen molar-refractivity contribution in [1.82, 2.24) is 0 Å². The quantitative estimate of drug-likeness (QED) is 0.778. The Balaban J connectivity index is 2.09. The Morgan fingerprint density at radius 3 is 1.96 bits per heavy atom. The van der Waals surface area contributed by atoms with E-state index in [-0.39, 0.29) is 11.1 Å². The van der Waals surface area contributed by atoms with Gasteiger partial charge in [-0.2, -0.15) is 0 Å². The van der Waals surface area contributed by atoms with Crippen molar-refractivity contribution in [2.24, 2.45) is 0 Å². The van der Waals surface area contributed by atoms with E-state index < -0.39 is 32.2 Å². The molecule has 0 bridgehead atoms. The zero-order valence-electron chi connectivity index (χ0n) is 16.6. The van der Waals surface area contributed by atoms with E-state index in [2.05, 4.69) is 33.9 Å². The van der Waals surface area contributed by atoms with Gasteiger partial charge in [0.25, 0.3) is 0 Å². The van der Waals surface area contributed by atoms with Gasteiger partial charge in [-0.15, -0.1) is 0 Å². The SMILES string of the molecule is CC(C)(O[C@@H]1C[C@H](O[Si](C)(C)C(C)(C)C)[C@@H](O)[C@H]1O)c1ccccc1. The zero-order valence-corrected chi connectivity index (χ0v) is 17.6. The number of hydrogen-bond acceptors (Lipinski definition) is 4. The smallest absolute Gasteiger partial charge is 0.192 e. The second kappa shape index (κ2) is 7.12. The van der Waals surface area contributed by atoms with Gasteiger partial charge in [-0.25, -0.2) is 0 Å². The predicted molar refractivity (Wildman–Crippen MR) is 103 cm³/mol. The van der Waals surface area contributed by atoms with Crippen LogP contribution in [0.1, 0.15) is 46.6 Å². The van der Waals surface area contributed by atoms with Crippen LogP contribution in [0.5, 0.6) is 0 Å². The van der Waals surface area contributed by atoms with Crippen LogP contribution in [0.3, 0.4) is 0 Å². The number of rotatable bonds is 5. The first kappa shape index (κ1) is 20.6. The van der Waals surface area contributed by atoms with Crippen LogP contribution in [-0.4, -0.2) is 42.9 Å². The summed E-state index contributed by atoms with van der Waals surface area (Å²) in [5.41, 5.74) is 0.504. The summed E-state index contributed by atoms with van der Waals surface area (Å²) in [6, 6.07) is 9.95. The van der Waals surface area contributed by atoms with Crippen LogP contribution < -0.4 is 0 Å². The zero-order chi connectivity index (χ0) is 19.0. The highest BCUT2D eigenvalue weighted by Crippen LogP contribution is 2.41. The van der Waals surface area contributed by atoms with Gasteiger partial charge in [-0.3, -0.25) is 0 Å². The summed E-state index contributed by atoms with van der Waals surface area (Å²) in [5.74, 6) is 0. The first-order valence-electron chi connectivity index (χ1n) is 9.12. The van der Waals surface area contributed by atoms with Crippen LogP contribution in [0.2, 0.25) is 18.1 Å². The lowest BCUT2D eigenvalue weighted by Gasteiger charge is -2.39. The molecule has 1 saturated carbocycles. The maximum Gasteiger partial charge on any atom is 0.192 e. The number of hydrogen-bond donors (Lipinski definition) is 2. The molecule has 25 heavy (non-hydrogen) atoms.